The number of hydrogen-bond acceptors (Lipinski definition) is 4. The van der Waals surface area contributed by atoms with Gasteiger partial charge in [-0.2, -0.15) is 0 Å². The maximum atomic E-state index is 12.1. The van der Waals surface area contributed by atoms with Gasteiger partial charge in [0, 0.05) is 19.0 Å². The number of carboxylic acids is 1. The Hall–Kier alpha value is -2.43. The van der Waals surface area contributed by atoms with Crippen molar-refractivity contribution in [3.8, 4) is 0 Å². The third kappa shape index (κ3) is 3.56. The highest BCUT2D eigenvalue weighted by Gasteiger charge is 2.31. The summed E-state index contributed by atoms with van der Waals surface area (Å²) in [4.78, 5) is 34.9. The Morgan fingerprint density at radius 2 is 1.81 bits per heavy atom. The maximum Gasteiger partial charge on any atom is 0.325 e. The molecule has 0 bridgehead atoms. The first kappa shape index (κ1) is 15.0. The molecule has 21 heavy (non-hydrogen) atoms. The second-order valence-corrected chi connectivity index (χ2v) is 5.15. The van der Waals surface area contributed by atoms with Crippen LogP contribution in [0.5, 0.6) is 0 Å². The summed E-state index contributed by atoms with van der Waals surface area (Å²) in [6, 6.07) is 8.62. The average Bonchev–Trinajstić information content (AvgIpc) is 2.46. The van der Waals surface area contributed by atoms with Gasteiger partial charge in [0.15, 0.2) is 11.6 Å². The molecule has 0 saturated heterocycles. The lowest BCUT2D eigenvalue weighted by atomic mass is 9.80. The van der Waals surface area contributed by atoms with Crippen molar-refractivity contribution in [2.24, 2.45) is 0 Å². The van der Waals surface area contributed by atoms with Gasteiger partial charge in [-0.05, 0) is 18.4 Å². The molecule has 1 aliphatic rings. The third-order valence-corrected chi connectivity index (χ3v) is 3.58. The number of carbonyl (C=O) groups is 3. The molecule has 1 aromatic rings. The van der Waals surface area contributed by atoms with Gasteiger partial charge in [-0.15, -0.1) is 0 Å². The quantitative estimate of drug-likeness (QED) is 0.650. The number of hydrogen-bond donors (Lipinski definition) is 2. The van der Waals surface area contributed by atoms with Crippen molar-refractivity contribution in [2.45, 2.75) is 31.7 Å². The predicted octanol–water partition coefficient (Wildman–Crippen LogP) is 1.65. The van der Waals surface area contributed by atoms with Crippen LogP contribution >= 0.6 is 0 Å². The Kier molecular flexibility index (Phi) is 4.52. The molecule has 1 atom stereocenters. The number of carboxylic acid groups (broad SMARTS) is 1. The number of aliphatic carboxylic acids is 1. The predicted molar refractivity (Wildman–Crippen MR) is 76.7 cm³/mol. The van der Waals surface area contributed by atoms with Gasteiger partial charge in [-0.1, -0.05) is 30.3 Å². The summed E-state index contributed by atoms with van der Waals surface area (Å²) in [7, 11) is 0. The van der Waals surface area contributed by atoms with Gasteiger partial charge in [0.2, 0.25) is 0 Å². The van der Waals surface area contributed by atoms with Crippen molar-refractivity contribution in [1.82, 2.24) is 5.32 Å². The SMILES string of the molecule is C[C@H](NC=C1C(=O)CC(c2ccccc2)CC1=O)C(=O)O. The summed E-state index contributed by atoms with van der Waals surface area (Å²) >= 11 is 0. The second-order valence-electron chi connectivity index (χ2n) is 5.15. The molecular weight excluding hydrogens is 270 g/mol. The highest BCUT2D eigenvalue weighted by molar-refractivity contribution is 6.22. The van der Waals surface area contributed by atoms with Crippen LogP contribution in [-0.2, 0) is 14.4 Å². The lowest BCUT2D eigenvalue weighted by Crippen LogP contribution is -2.32. The van der Waals surface area contributed by atoms with Crippen molar-refractivity contribution >= 4 is 17.5 Å². The molecule has 0 aliphatic heterocycles. The van der Waals surface area contributed by atoms with E-state index in [9.17, 15) is 14.4 Å². The molecule has 1 aromatic carbocycles. The molecule has 1 fully saturated rings. The Morgan fingerprint density at radius 1 is 1.24 bits per heavy atom. The molecule has 0 radical (unpaired) electrons. The van der Waals surface area contributed by atoms with Gasteiger partial charge >= 0.3 is 5.97 Å². The summed E-state index contributed by atoms with van der Waals surface area (Å²) in [5.41, 5.74) is 1.04. The smallest absolute Gasteiger partial charge is 0.325 e. The Balaban J connectivity index is 2.10. The molecule has 0 unspecified atom stereocenters. The van der Waals surface area contributed by atoms with Gasteiger partial charge in [0.1, 0.15) is 6.04 Å². The first-order chi connectivity index (χ1) is 9.99. The minimum absolute atomic E-state index is 0.0651. The second kappa shape index (κ2) is 6.35. The molecule has 2 rings (SSSR count). The Bertz CT molecular complexity index is 572. The molecule has 0 amide bonds. The number of rotatable bonds is 4. The lowest BCUT2D eigenvalue weighted by Gasteiger charge is -2.22. The fourth-order valence-electron chi connectivity index (χ4n) is 2.30. The lowest BCUT2D eigenvalue weighted by molar-refractivity contribution is -0.138. The monoisotopic (exact) mass is 287 g/mol. The average molecular weight is 287 g/mol. The van der Waals surface area contributed by atoms with E-state index >= 15 is 0 Å². The van der Waals surface area contributed by atoms with E-state index in [1.165, 1.54) is 13.1 Å². The normalized spacial score (nSPS) is 20.0. The summed E-state index contributed by atoms with van der Waals surface area (Å²) in [5.74, 6) is -1.62. The molecule has 1 aliphatic carbocycles. The van der Waals surface area contributed by atoms with Crippen molar-refractivity contribution in [1.29, 1.82) is 0 Å². The van der Waals surface area contributed by atoms with Crippen LogP contribution in [0.15, 0.2) is 42.1 Å². The topological polar surface area (TPSA) is 83.5 Å². The molecule has 0 aromatic heterocycles. The Morgan fingerprint density at radius 3 is 2.33 bits per heavy atom. The zero-order valence-corrected chi connectivity index (χ0v) is 11.7. The van der Waals surface area contributed by atoms with Crippen LogP contribution in [0.2, 0.25) is 0 Å². The first-order valence-corrected chi connectivity index (χ1v) is 6.79. The zero-order chi connectivity index (χ0) is 15.4. The molecule has 1 saturated carbocycles. The third-order valence-electron chi connectivity index (χ3n) is 3.58. The molecule has 5 nitrogen and oxygen atoms in total. The summed E-state index contributed by atoms with van der Waals surface area (Å²) < 4.78 is 0. The number of benzene rings is 1. The number of nitrogens with one attached hydrogen (secondary N) is 1. The van der Waals surface area contributed by atoms with E-state index in [-0.39, 0.29) is 35.9 Å². The van der Waals surface area contributed by atoms with Crippen LogP contribution in [-0.4, -0.2) is 28.7 Å². The summed E-state index contributed by atoms with van der Waals surface area (Å²) in [6.45, 7) is 1.45. The Labute approximate surface area is 122 Å². The molecule has 0 heterocycles. The summed E-state index contributed by atoms with van der Waals surface area (Å²) in [5, 5.41) is 11.3. The van der Waals surface area contributed by atoms with Crippen molar-refractivity contribution < 1.29 is 19.5 Å². The van der Waals surface area contributed by atoms with Crippen LogP contribution in [0.25, 0.3) is 0 Å². The number of Topliss-reactive ketones (excluding diaryl/α,β-unsaturated/α-hetero) is 2. The van der Waals surface area contributed by atoms with E-state index in [0.717, 1.165) is 5.56 Å². The molecule has 2 N–H and O–H groups in total. The van der Waals surface area contributed by atoms with E-state index in [0.29, 0.717) is 0 Å². The molecule has 0 spiro atoms. The highest BCUT2D eigenvalue weighted by Crippen LogP contribution is 2.31. The van der Waals surface area contributed by atoms with E-state index in [4.69, 9.17) is 5.11 Å². The molecule has 5 heteroatoms. The molecular formula is C16H17NO4. The fraction of sp³-hybridized carbons (Fsp3) is 0.312. The van der Waals surface area contributed by atoms with Crippen LogP contribution in [0.1, 0.15) is 31.2 Å². The number of allylic oxidation sites excluding steroid dienone is 1. The van der Waals surface area contributed by atoms with Crippen LogP contribution in [0.3, 0.4) is 0 Å². The number of ketones is 2. The number of carbonyl (C=O) groups excluding carboxylic acids is 2. The highest BCUT2D eigenvalue weighted by atomic mass is 16.4. The minimum Gasteiger partial charge on any atom is -0.480 e. The van der Waals surface area contributed by atoms with E-state index in [1.54, 1.807) is 0 Å². The van der Waals surface area contributed by atoms with E-state index < -0.39 is 12.0 Å². The van der Waals surface area contributed by atoms with Crippen molar-refractivity contribution in [3.63, 3.8) is 0 Å². The largest absolute Gasteiger partial charge is 0.480 e. The van der Waals surface area contributed by atoms with Crippen molar-refractivity contribution in [3.05, 3.63) is 47.7 Å². The minimum atomic E-state index is -1.04. The van der Waals surface area contributed by atoms with Crippen LogP contribution in [0.4, 0.5) is 0 Å². The van der Waals surface area contributed by atoms with E-state index in [1.807, 2.05) is 30.3 Å². The van der Waals surface area contributed by atoms with Crippen LogP contribution < -0.4 is 5.32 Å². The van der Waals surface area contributed by atoms with Gasteiger partial charge in [0.25, 0.3) is 0 Å². The zero-order valence-electron chi connectivity index (χ0n) is 11.7. The van der Waals surface area contributed by atoms with Gasteiger partial charge in [0.05, 0.1) is 5.57 Å². The van der Waals surface area contributed by atoms with Crippen LogP contribution in [0, 0.1) is 0 Å². The summed E-state index contributed by atoms with van der Waals surface area (Å²) in [6.07, 6.45) is 1.78. The standard InChI is InChI=1S/C16H17NO4/c1-10(16(20)21)17-9-13-14(18)7-12(8-15(13)19)11-5-3-2-4-6-11/h2-6,9-10,12,17H,7-8H2,1H3,(H,20,21)/t10-,12?/m0/s1. The maximum absolute atomic E-state index is 12.1. The fourth-order valence-corrected chi connectivity index (χ4v) is 2.30. The van der Waals surface area contributed by atoms with Gasteiger partial charge in [-0.3, -0.25) is 14.4 Å². The molecule has 110 valence electrons. The first-order valence-electron chi connectivity index (χ1n) is 6.79. The van der Waals surface area contributed by atoms with Crippen molar-refractivity contribution in [2.75, 3.05) is 0 Å². The van der Waals surface area contributed by atoms with Gasteiger partial charge < -0.3 is 10.4 Å². The van der Waals surface area contributed by atoms with E-state index in [2.05, 4.69) is 5.32 Å². The van der Waals surface area contributed by atoms with Gasteiger partial charge in [-0.25, -0.2) is 0 Å².